The van der Waals surface area contributed by atoms with E-state index in [1.54, 1.807) is 24.3 Å². The molecule has 0 spiro atoms. The van der Waals surface area contributed by atoms with Gasteiger partial charge in [-0.1, -0.05) is 17.7 Å². The summed E-state index contributed by atoms with van der Waals surface area (Å²) < 4.78 is 10.8. The predicted octanol–water partition coefficient (Wildman–Crippen LogP) is 2.91. The van der Waals surface area contributed by atoms with Crippen molar-refractivity contribution in [1.82, 2.24) is 9.80 Å². The summed E-state index contributed by atoms with van der Waals surface area (Å²) in [6.07, 6.45) is -0.0564. The molecule has 0 aliphatic carbocycles. The molecule has 7 nitrogen and oxygen atoms in total. The van der Waals surface area contributed by atoms with Crippen LogP contribution >= 0.6 is 11.6 Å². The minimum Gasteiger partial charge on any atom is -0.480 e. The Morgan fingerprint density at radius 3 is 2.40 bits per heavy atom. The summed E-state index contributed by atoms with van der Waals surface area (Å²) in [5.74, 6) is 0.361. The molecule has 1 saturated heterocycles. The number of hydrogen-bond acceptors (Lipinski definition) is 6. The lowest BCUT2D eigenvalue weighted by atomic mass is 10.0. The Balaban J connectivity index is 1.33. The van der Waals surface area contributed by atoms with Gasteiger partial charge in [-0.05, 0) is 42.0 Å². The summed E-state index contributed by atoms with van der Waals surface area (Å²) in [5.41, 5.74) is 1.60. The molecule has 0 aromatic heterocycles. The van der Waals surface area contributed by atoms with Crippen molar-refractivity contribution < 1.29 is 24.2 Å². The number of nitrogens with zero attached hydrogens (tertiary/aromatic N) is 2. The molecule has 2 heterocycles. The Morgan fingerprint density at radius 2 is 1.70 bits per heavy atom. The predicted molar refractivity (Wildman–Crippen MR) is 111 cm³/mol. The second-order valence-electron chi connectivity index (χ2n) is 7.49. The van der Waals surface area contributed by atoms with Crippen LogP contribution in [0.15, 0.2) is 42.5 Å². The standard InChI is InChI=1S/C22H23ClN2O5/c23-17-4-2-16(3-5-17)19(26)12-18(22(27)28)25-9-7-24(8-10-25)13-15-1-6-20-21(11-15)30-14-29-20/h1-6,11,18H,7-10,12-14H2,(H,27,28). The number of carbonyl (C=O) groups excluding carboxylic acids is 1. The molecule has 158 valence electrons. The SMILES string of the molecule is O=C(CC(C(=O)O)N1CCN(Cc2ccc3c(c2)OCO3)CC1)c1ccc(Cl)cc1. The van der Waals surface area contributed by atoms with Crippen molar-refractivity contribution in [3.8, 4) is 11.5 Å². The Kier molecular flexibility index (Phi) is 6.22. The van der Waals surface area contributed by atoms with Gasteiger partial charge in [0.05, 0.1) is 0 Å². The van der Waals surface area contributed by atoms with E-state index in [1.165, 1.54) is 0 Å². The fourth-order valence-electron chi connectivity index (χ4n) is 3.83. The first-order valence-corrected chi connectivity index (χ1v) is 10.2. The van der Waals surface area contributed by atoms with Crippen LogP contribution in [-0.2, 0) is 11.3 Å². The number of carboxylic acid groups (broad SMARTS) is 1. The number of carboxylic acids is 1. The topological polar surface area (TPSA) is 79.3 Å². The lowest BCUT2D eigenvalue weighted by Gasteiger charge is -2.37. The lowest BCUT2D eigenvalue weighted by molar-refractivity contribution is -0.144. The fraction of sp³-hybridized carbons (Fsp3) is 0.364. The zero-order valence-corrected chi connectivity index (χ0v) is 17.2. The highest BCUT2D eigenvalue weighted by Crippen LogP contribution is 2.32. The molecule has 4 rings (SSSR count). The number of carbonyl (C=O) groups is 2. The summed E-state index contributed by atoms with van der Waals surface area (Å²) in [7, 11) is 0. The van der Waals surface area contributed by atoms with Crippen molar-refractivity contribution in [2.24, 2.45) is 0 Å². The third kappa shape index (κ3) is 4.75. The summed E-state index contributed by atoms with van der Waals surface area (Å²) in [4.78, 5) is 28.5. The number of rotatable bonds is 7. The van der Waals surface area contributed by atoms with E-state index >= 15 is 0 Å². The van der Waals surface area contributed by atoms with Gasteiger partial charge in [0.1, 0.15) is 6.04 Å². The van der Waals surface area contributed by atoms with Gasteiger partial charge < -0.3 is 14.6 Å². The van der Waals surface area contributed by atoms with E-state index in [1.807, 2.05) is 23.1 Å². The minimum absolute atomic E-state index is 0.0564. The first kappa shape index (κ1) is 20.7. The highest BCUT2D eigenvalue weighted by Gasteiger charge is 2.31. The van der Waals surface area contributed by atoms with Gasteiger partial charge in [-0.2, -0.15) is 0 Å². The van der Waals surface area contributed by atoms with Crippen LogP contribution in [0.3, 0.4) is 0 Å². The third-order valence-corrected chi connectivity index (χ3v) is 5.77. The number of ether oxygens (including phenoxy) is 2. The maximum Gasteiger partial charge on any atom is 0.321 e. The number of benzene rings is 2. The number of Topliss-reactive ketones (excluding diaryl/α,β-unsaturated/α-hetero) is 1. The van der Waals surface area contributed by atoms with E-state index in [0.717, 1.165) is 36.7 Å². The van der Waals surface area contributed by atoms with E-state index in [9.17, 15) is 14.7 Å². The van der Waals surface area contributed by atoms with Gasteiger partial charge in [0.15, 0.2) is 17.3 Å². The largest absolute Gasteiger partial charge is 0.480 e. The van der Waals surface area contributed by atoms with Crippen LogP contribution in [0, 0.1) is 0 Å². The maximum absolute atomic E-state index is 12.5. The monoisotopic (exact) mass is 430 g/mol. The number of hydrogen-bond donors (Lipinski definition) is 1. The van der Waals surface area contributed by atoms with Gasteiger partial charge in [0.2, 0.25) is 6.79 Å². The first-order valence-electron chi connectivity index (χ1n) is 9.86. The smallest absolute Gasteiger partial charge is 0.321 e. The van der Waals surface area contributed by atoms with Crippen molar-refractivity contribution in [2.75, 3.05) is 33.0 Å². The average molecular weight is 431 g/mol. The molecule has 2 aliphatic rings. The summed E-state index contributed by atoms with van der Waals surface area (Å²) in [5, 5.41) is 10.2. The molecule has 0 amide bonds. The molecule has 8 heteroatoms. The number of ketones is 1. The molecule has 1 fully saturated rings. The molecule has 1 N–H and O–H groups in total. The van der Waals surface area contributed by atoms with Gasteiger partial charge in [-0.25, -0.2) is 0 Å². The minimum atomic E-state index is -0.971. The van der Waals surface area contributed by atoms with Crippen LogP contribution in [0.5, 0.6) is 11.5 Å². The quantitative estimate of drug-likeness (QED) is 0.676. The molecule has 0 radical (unpaired) electrons. The van der Waals surface area contributed by atoms with E-state index < -0.39 is 12.0 Å². The van der Waals surface area contributed by atoms with Crippen LogP contribution < -0.4 is 9.47 Å². The molecule has 30 heavy (non-hydrogen) atoms. The summed E-state index contributed by atoms with van der Waals surface area (Å²) in [6, 6.07) is 11.6. The van der Waals surface area contributed by atoms with Crippen LogP contribution in [0.4, 0.5) is 0 Å². The van der Waals surface area contributed by atoms with Crippen LogP contribution in [0.25, 0.3) is 0 Å². The Hall–Kier alpha value is -2.61. The van der Waals surface area contributed by atoms with Crippen molar-refractivity contribution >= 4 is 23.4 Å². The molecule has 2 aromatic carbocycles. The summed E-state index contributed by atoms with van der Waals surface area (Å²) in [6.45, 7) is 3.65. The van der Waals surface area contributed by atoms with E-state index in [0.29, 0.717) is 23.7 Å². The maximum atomic E-state index is 12.5. The summed E-state index contributed by atoms with van der Waals surface area (Å²) >= 11 is 5.86. The third-order valence-electron chi connectivity index (χ3n) is 5.52. The molecule has 0 saturated carbocycles. The molecule has 0 bridgehead atoms. The fourth-order valence-corrected chi connectivity index (χ4v) is 3.96. The van der Waals surface area contributed by atoms with E-state index in [-0.39, 0.29) is 19.0 Å². The van der Waals surface area contributed by atoms with Crippen LogP contribution in [-0.4, -0.2) is 65.7 Å². The van der Waals surface area contributed by atoms with E-state index in [2.05, 4.69) is 4.90 Å². The Bertz CT molecular complexity index is 926. The van der Waals surface area contributed by atoms with Crippen LogP contribution in [0.1, 0.15) is 22.3 Å². The second kappa shape index (κ2) is 9.04. The second-order valence-corrected chi connectivity index (χ2v) is 7.92. The number of fused-ring (bicyclic) bond motifs is 1. The molecular formula is C22H23ClN2O5. The number of halogens is 1. The first-order chi connectivity index (χ1) is 14.5. The molecule has 1 atom stereocenters. The molecular weight excluding hydrogens is 408 g/mol. The lowest BCUT2D eigenvalue weighted by Crippen LogP contribution is -2.52. The zero-order valence-electron chi connectivity index (χ0n) is 16.4. The van der Waals surface area contributed by atoms with Crippen LogP contribution in [0.2, 0.25) is 5.02 Å². The van der Waals surface area contributed by atoms with E-state index in [4.69, 9.17) is 21.1 Å². The van der Waals surface area contributed by atoms with Crippen molar-refractivity contribution in [3.05, 3.63) is 58.6 Å². The van der Waals surface area contributed by atoms with Crippen molar-refractivity contribution in [3.63, 3.8) is 0 Å². The highest BCUT2D eigenvalue weighted by molar-refractivity contribution is 6.30. The number of piperazine rings is 1. The van der Waals surface area contributed by atoms with Gasteiger partial charge in [0.25, 0.3) is 0 Å². The average Bonchev–Trinajstić information content (AvgIpc) is 3.21. The molecule has 1 unspecified atom stereocenters. The normalized spacial score (nSPS) is 17.6. The van der Waals surface area contributed by atoms with Gasteiger partial charge in [-0.3, -0.25) is 19.4 Å². The van der Waals surface area contributed by atoms with Gasteiger partial charge in [-0.15, -0.1) is 0 Å². The van der Waals surface area contributed by atoms with Crippen molar-refractivity contribution in [2.45, 2.75) is 19.0 Å². The molecule has 2 aromatic rings. The number of aliphatic carboxylic acids is 1. The Morgan fingerprint density at radius 1 is 1.00 bits per heavy atom. The zero-order chi connectivity index (χ0) is 21.1. The van der Waals surface area contributed by atoms with Gasteiger partial charge >= 0.3 is 5.97 Å². The Labute approximate surface area is 179 Å². The van der Waals surface area contributed by atoms with Crippen molar-refractivity contribution in [1.29, 1.82) is 0 Å². The molecule has 2 aliphatic heterocycles. The van der Waals surface area contributed by atoms with Gasteiger partial charge in [0, 0.05) is 49.7 Å². The highest BCUT2D eigenvalue weighted by atomic mass is 35.5.